The van der Waals surface area contributed by atoms with Crippen LogP contribution < -0.4 is 15.4 Å². The number of unbranched alkanes of at least 4 members (excludes halogenated alkanes) is 5. The van der Waals surface area contributed by atoms with Gasteiger partial charge in [-0.1, -0.05) is 81.5 Å². The lowest BCUT2D eigenvalue weighted by atomic mass is 9.91. The fourth-order valence-corrected chi connectivity index (χ4v) is 8.61. The third-order valence-electron chi connectivity index (χ3n) is 8.08. The largest absolute Gasteiger partial charge is 0.489 e. The van der Waals surface area contributed by atoms with Crippen LogP contribution in [-0.4, -0.2) is 99.0 Å². The number of carbonyl (C=O) groups is 2. The van der Waals surface area contributed by atoms with E-state index >= 15 is 0 Å². The number of carbonyl (C=O) groups excluding carboxylic acids is 2. The zero-order chi connectivity index (χ0) is 34.2. The first-order valence-corrected chi connectivity index (χ1v) is 18.0. The Balaban J connectivity index is 2.16. The zero-order valence-electron chi connectivity index (χ0n) is 29.4. The van der Waals surface area contributed by atoms with Crippen molar-refractivity contribution >= 4 is 19.8 Å². The van der Waals surface area contributed by atoms with E-state index in [1.54, 1.807) is 6.92 Å². The molecule has 0 heterocycles. The van der Waals surface area contributed by atoms with E-state index in [9.17, 15) is 14.7 Å². The van der Waals surface area contributed by atoms with Crippen molar-refractivity contribution < 1.29 is 24.0 Å². The fourth-order valence-electron chi connectivity index (χ4n) is 5.31. The molecule has 0 fully saturated rings. The van der Waals surface area contributed by atoms with E-state index in [0.717, 1.165) is 36.1 Å². The monoisotopic (exact) mass is 660 g/mol. The second-order valence-electron chi connectivity index (χ2n) is 12.8. The summed E-state index contributed by atoms with van der Waals surface area (Å²) in [5.41, 5.74) is 0.681. The van der Waals surface area contributed by atoms with Gasteiger partial charge in [-0.25, -0.2) is 0 Å². The highest BCUT2D eigenvalue weighted by molar-refractivity contribution is 7.64. The molecule has 258 valence electrons. The van der Waals surface area contributed by atoms with Crippen LogP contribution in [0.25, 0.3) is 0 Å². The quantitative estimate of drug-likeness (QED) is 0.118. The number of aliphatic hydroxyl groups is 1. The van der Waals surface area contributed by atoms with Gasteiger partial charge in [0.15, 0.2) is 0 Å². The summed E-state index contributed by atoms with van der Waals surface area (Å²) < 4.78 is 18.4. The van der Waals surface area contributed by atoms with Crippen molar-refractivity contribution in [2.75, 3.05) is 62.0 Å². The second-order valence-corrected chi connectivity index (χ2v) is 16.4. The molecule has 0 saturated carbocycles. The van der Waals surface area contributed by atoms with E-state index < -0.39 is 31.9 Å². The van der Waals surface area contributed by atoms with Gasteiger partial charge in [-0.15, -0.1) is 14.0 Å². The number of nitrogens with zero attached hydrogens (tertiary/aromatic N) is 3. The highest BCUT2D eigenvalue weighted by Crippen LogP contribution is 2.65. The van der Waals surface area contributed by atoms with Gasteiger partial charge in [0.25, 0.3) is 0 Å². The number of amides is 2. The SMILES string of the molecule is CCCCCCCCNC(=O)[C@H](Cc1ccc(OCc2ccccc2)cc1)NC(=O)C(C)(CO)CO[P+](N(C)C)(N(C)C)N(C)C. The Kier molecular flexibility index (Phi) is 17.2. The van der Waals surface area contributed by atoms with Crippen LogP contribution in [-0.2, 0) is 27.1 Å². The summed E-state index contributed by atoms with van der Waals surface area (Å²) in [7, 11) is 9.21. The Bertz CT molecular complexity index is 1140. The Labute approximate surface area is 278 Å². The van der Waals surface area contributed by atoms with Gasteiger partial charge in [-0.05, 0) is 36.6 Å². The van der Waals surface area contributed by atoms with Crippen molar-refractivity contribution in [3.8, 4) is 5.75 Å². The lowest BCUT2D eigenvalue weighted by molar-refractivity contribution is -0.138. The fraction of sp³-hybridized carbons (Fsp3) is 0.600. The number of benzene rings is 2. The third-order valence-corrected chi connectivity index (χ3v) is 11.7. The molecule has 1 unspecified atom stereocenters. The summed E-state index contributed by atoms with van der Waals surface area (Å²) in [5, 5.41) is 16.4. The first kappa shape index (κ1) is 39.6. The molecule has 46 heavy (non-hydrogen) atoms. The summed E-state index contributed by atoms with van der Waals surface area (Å²) in [6.45, 7) is 4.40. The normalized spacial score (nSPS) is 13.9. The van der Waals surface area contributed by atoms with Crippen molar-refractivity contribution in [1.29, 1.82) is 0 Å². The van der Waals surface area contributed by atoms with Crippen LogP contribution in [0.3, 0.4) is 0 Å². The maximum atomic E-state index is 13.8. The Morgan fingerprint density at radius 1 is 0.848 bits per heavy atom. The molecule has 0 aromatic heterocycles. The van der Waals surface area contributed by atoms with E-state index in [-0.39, 0.29) is 12.5 Å². The van der Waals surface area contributed by atoms with Gasteiger partial charge >= 0.3 is 7.94 Å². The van der Waals surface area contributed by atoms with Crippen molar-refractivity contribution in [3.63, 3.8) is 0 Å². The summed E-state index contributed by atoms with van der Waals surface area (Å²) in [6, 6.07) is 16.7. The van der Waals surface area contributed by atoms with Crippen molar-refractivity contribution in [2.45, 2.75) is 71.4 Å². The molecule has 10 nitrogen and oxygen atoms in total. The van der Waals surface area contributed by atoms with Gasteiger partial charge < -0.3 is 20.5 Å². The summed E-state index contributed by atoms with van der Waals surface area (Å²) in [5.74, 6) is 0.0383. The number of aliphatic hydroxyl groups excluding tert-OH is 1. The molecule has 0 spiro atoms. The van der Waals surface area contributed by atoms with Crippen LogP contribution >= 0.6 is 7.94 Å². The standard InChI is InChI=1S/C35H58N5O5P/c1-9-10-11-12-13-17-24-36-33(42)32(25-29-20-22-31(23-21-29)44-26-30-18-15-14-16-19-30)37-34(43)35(2,27-41)28-45-46(38(3)4,39(5)6)40(7)8/h14-16,18-23,32,41H,9-13,17,24-28H2,1-8H3,(H-,36,37,42,43)/p+1/t32-,35?/m0/s1. The minimum absolute atomic E-state index is 0.0306. The summed E-state index contributed by atoms with van der Waals surface area (Å²) in [6.07, 6.45) is 7.00. The number of hydrogen-bond acceptors (Lipinski definition) is 8. The highest BCUT2D eigenvalue weighted by Gasteiger charge is 2.53. The molecular formula is C35H59N5O5P+. The molecule has 2 aromatic rings. The number of hydrogen-bond donors (Lipinski definition) is 3. The average Bonchev–Trinajstić information content (AvgIpc) is 3.03. The van der Waals surface area contributed by atoms with Crippen LogP contribution in [0.5, 0.6) is 5.75 Å². The van der Waals surface area contributed by atoms with Gasteiger partial charge in [-0.3, -0.25) is 9.59 Å². The molecule has 2 aromatic carbocycles. The minimum Gasteiger partial charge on any atom is -0.489 e. The molecule has 0 aliphatic carbocycles. The summed E-state index contributed by atoms with van der Waals surface area (Å²) in [4.78, 5) is 27.3. The smallest absolute Gasteiger partial charge is 0.369 e. The molecule has 2 rings (SSSR count). The number of rotatable bonds is 22. The molecule has 3 N–H and O–H groups in total. The molecule has 0 radical (unpaired) electrons. The van der Waals surface area contributed by atoms with Gasteiger partial charge in [0.05, 0.1) is 12.0 Å². The molecular weight excluding hydrogens is 601 g/mol. The van der Waals surface area contributed by atoms with Gasteiger partial charge in [0.1, 0.15) is 25.0 Å². The topological polar surface area (TPSA) is 107 Å². The molecule has 11 heteroatoms. The van der Waals surface area contributed by atoms with E-state index in [1.165, 1.54) is 19.3 Å². The average molecular weight is 661 g/mol. The Hall–Kier alpha value is -2.59. The third kappa shape index (κ3) is 11.9. The maximum absolute atomic E-state index is 13.8. The van der Waals surface area contributed by atoms with Crippen LogP contribution in [0.4, 0.5) is 0 Å². The van der Waals surface area contributed by atoms with Crippen molar-refractivity contribution in [3.05, 3.63) is 65.7 Å². The van der Waals surface area contributed by atoms with Gasteiger partial charge in [-0.2, -0.15) is 4.52 Å². The van der Waals surface area contributed by atoms with Crippen molar-refractivity contribution in [1.82, 2.24) is 24.6 Å². The zero-order valence-corrected chi connectivity index (χ0v) is 30.3. The van der Waals surface area contributed by atoms with E-state index in [4.69, 9.17) is 9.26 Å². The van der Waals surface area contributed by atoms with Crippen LogP contribution in [0, 0.1) is 5.41 Å². The highest BCUT2D eigenvalue weighted by atomic mass is 31.2. The molecule has 0 bridgehead atoms. The van der Waals surface area contributed by atoms with E-state index in [1.807, 2.05) is 111 Å². The molecule has 2 atom stereocenters. The molecule has 0 saturated heterocycles. The van der Waals surface area contributed by atoms with Crippen LogP contribution in [0.15, 0.2) is 54.6 Å². The minimum atomic E-state index is -2.41. The first-order valence-electron chi connectivity index (χ1n) is 16.4. The van der Waals surface area contributed by atoms with Gasteiger partial charge in [0, 0.05) is 55.3 Å². The molecule has 0 aliphatic heterocycles. The lowest BCUT2D eigenvalue weighted by Crippen LogP contribution is -2.54. The van der Waals surface area contributed by atoms with Crippen molar-refractivity contribution in [2.24, 2.45) is 5.41 Å². The predicted octanol–water partition coefficient (Wildman–Crippen LogP) is 5.15. The second kappa shape index (κ2) is 19.9. The number of nitrogens with one attached hydrogen (secondary N) is 2. The van der Waals surface area contributed by atoms with Gasteiger partial charge in [0.2, 0.25) is 11.8 Å². The van der Waals surface area contributed by atoms with E-state index in [0.29, 0.717) is 19.6 Å². The number of ether oxygens (including phenoxy) is 1. The predicted molar refractivity (Wildman–Crippen MR) is 188 cm³/mol. The van der Waals surface area contributed by atoms with Crippen LogP contribution in [0.2, 0.25) is 0 Å². The Morgan fingerprint density at radius 2 is 1.43 bits per heavy atom. The Morgan fingerprint density at radius 3 is 2.00 bits per heavy atom. The maximum Gasteiger partial charge on any atom is 0.369 e. The molecule has 0 aliphatic rings. The van der Waals surface area contributed by atoms with Crippen LogP contribution in [0.1, 0.15) is 63.5 Å². The lowest BCUT2D eigenvalue weighted by Gasteiger charge is -2.39. The van der Waals surface area contributed by atoms with E-state index in [2.05, 4.69) is 17.6 Å². The molecule has 2 amide bonds. The first-order chi connectivity index (χ1) is 21.9. The summed E-state index contributed by atoms with van der Waals surface area (Å²) >= 11 is 0.